The molecule has 0 fully saturated rings. The molecule has 0 aliphatic heterocycles. The lowest BCUT2D eigenvalue weighted by atomic mass is 10.1. The van der Waals surface area contributed by atoms with Crippen molar-refractivity contribution in [2.45, 2.75) is 20.0 Å². The molecule has 1 aromatic carbocycles. The van der Waals surface area contributed by atoms with Gasteiger partial charge in [0.25, 0.3) is 0 Å². The van der Waals surface area contributed by atoms with E-state index in [1.54, 1.807) is 12.3 Å². The van der Waals surface area contributed by atoms with Gasteiger partial charge in [-0.2, -0.15) is 0 Å². The molecule has 0 saturated heterocycles. The van der Waals surface area contributed by atoms with Crippen LogP contribution in [0.25, 0.3) is 10.9 Å². The summed E-state index contributed by atoms with van der Waals surface area (Å²) in [5.74, 6) is -0.488. The van der Waals surface area contributed by atoms with E-state index < -0.39 is 12.1 Å². The van der Waals surface area contributed by atoms with Gasteiger partial charge >= 0.3 is 5.97 Å². The van der Waals surface area contributed by atoms with Crippen LogP contribution in [-0.2, 0) is 4.79 Å². The molecule has 2 rings (SSSR count). The van der Waals surface area contributed by atoms with E-state index in [0.29, 0.717) is 5.75 Å². The molecule has 0 aliphatic rings. The topological polar surface area (TPSA) is 59.4 Å². The number of carboxylic acid groups (broad SMARTS) is 1. The van der Waals surface area contributed by atoms with Crippen molar-refractivity contribution in [2.75, 3.05) is 0 Å². The van der Waals surface area contributed by atoms with Gasteiger partial charge in [0, 0.05) is 11.6 Å². The van der Waals surface area contributed by atoms with Crippen LogP contribution < -0.4 is 4.74 Å². The molecule has 1 aromatic heterocycles. The number of fused-ring (bicyclic) bond motifs is 1. The number of benzene rings is 1. The molecule has 0 bridgehead atoms. The van der Waals surface area contributed by atoms with Crippen LogP contribution in [0, 0.1) is 6.92 Å². The number of hydrogen-bond acceptors (Lipinski definition) is 3. The van der Waals surface area contributed by atoms with Crippen LogP contribution in [0.15, 0.2) is 28.9 Å². The van der Waals surface area contributed by atoms with Gasteiger partial charge in [-0.15, -0.1) is 0 Å². The summed E-state index contributed by atoms with van der Waals surface area (Å²) in [5, 5.41) is 9.79. The SMILES string of the molecule is Cc1ccnc2ccc(OC(C)C(=O)O)c(Br)c12. The first kappa shape index (κ1) is 12.8. The molecule has 94 valence electrons. The zero-order valence-electron chi connectivity index (χ0n) is 9.98. The fraction of sp³-hybridized carbons (Fsp3) is 0.231. The molecule has 4 nitrogen and oxygen atoms in total. The van der Waals surface area contributed by atoms with Crippen molar-refractivity contribution in [3.05, 3.63) is 34.4 Å². The van der Waals surface area contributed by atoms with Gasteiger partial charge in [0.15, 0.2) is 6.10 Å². The molecule has 5 heteroatoms. The van der Waals surface area contributed by atoms with Gasteiger partial charge in [-0.3, -0.25) is 4.98 Å². The molecule has 0 spiro atoms. The van der Waals surface area contributed by atoms with Crippen LogP contribution in [0.3, 0.4) is 0 Å². The first-order valence-electron chi connectivity index (χ1n) is 5.44. The molecule has 1 atom stereocenters. The summed E-state index contributed by atoms with van der Waals surface area (Å²) in [6, 6.07) is 5.44. The number of aromatic nitrogens is 1. The van der Waals surface area contributed by atoms with Gasteiger partial charge in [0.1, 0.15) is 5.75 Å². The molecule has 0 radical (unpaired) electrons. The summed E-state index contributed by atoms with van der Waals surface area (Å²) in [6.07, 6.45) is 0.848. The van der Waals surface area contributed by atoms with Crippen LogP contribution in [-0.4, -0.2) is 22.2 Å². The highest BCUT2D eigenvalue weighted by Gasteiger charge is 2.16. The second-order valence-corrected chi connectivity index (χ2v) is 4.79. The third-order valence-electron chi connectivity index (χ3n) is 2.67. The average Bonchev–Trinajstić information content (AvgIpc) is 2.32. The third-order valence-corrected chi connectivity index (χ3v) is 3.46. The number of carbonyl (C=O) groups is 1. The normalized spacial score (nSPS) is 12.4. The zero-order valence-corrected chi connectivity index (χ0v) is 11.6. The summed E-state index contributed by atoms with van der Waals surface area (Å²) < 4.78 is 6.13. The second kappa shape index (κ2) is 4.94. The van der Waals surface area contributed by atoms with Crippen molar-refractivity contribution in [2.24, 2.45) is 0 Å². The van der Waals surface area contributed by atoms with E-state index in [1.807, 2.05) is 19.1 Å². The van der Waals surface area contributed by atoms with E-state index in [-0.39, 0.29) is 0 Å². The molecular weight excluding hydrogens is 298 g/mol. The summed E-state index contributed by atoms with van der Waals surface area (Å²) in [4.78, 5) is 15.0. The Labute approximate surface area is 113 Å². The summed E-state index contributed by atoms with van der Waals surface area (Å²) in [5.41, 5.74) is 1.90. The fourth-order valence-electron chi connectivity index (χ4n) is 1.67. The van der Waals surface area contributed by atoms with E-state index in [1.165, 1.54) is 6.92 Å². The zero-order chi connectivity index (χ0) is 13.3. The summed E-state index contributed by atoms with van der Waals surface area (Å²) >= 11 is 3.45. The Balaban J connectivity index is 2.51. The van der Waals surface area contributed by atoms with E-state index in [2.05, 4.69) is 20.9 Å². The molecule has 0 aliphatic carbocycles. The van der Waals surface area contributed by atoms with E-state index in [9.17, 15) is 4.79 Å². The molecule has 0 amide bonds. The van der Waals surface area contributed by atoms with E-state index in [0.717, 1.165) is 20.9 Å². The van der Waals surface area contributed by atoms with Crippen LogP contribution in [0.4, 0.5) is 0 Å². The Bertz CT molecular complexity index is 612. The lowest BCUT2D eigenvalue weighted by Gasteiger charge is -2.14. The Morgan fingerprint density at radius 3 is 2.83 bits per heavy atom. The predicted octanol–water partition coefficient (Wildman–Crippen LogP) is 3.16. The van der Waals surface area contributed by atoms with Crippen LogP contribution in [0.5, 0.6) is 5.75 Å². The molecule has 0 saturated carbocycles. The number of hydrogen-bond donors (Lipinski definition) is 1. The van der Waals surface area contributed by atoms with Gasteiger partial charge in [0.2, 0.25) is 0 Å². The maximum absolute atomic E-state index is 10.8. The second-order valence-electron chi connectivity index (χ2n) is 4.00. The Kier molecular flexibility index (Phi) is 3.52. The maximum Gasteiger partial charge on any atom is 0.344 e. The van der Waals surface area contributed by atoms with Crippen molar-refractivity contribution in [3.8, 4) is 5.75 Å². The number of aryl methyl sites for hydroxylation is 1. The number of halogens is 1. The lowest BCUT2D eigenvalue weighted by molar-refractivity contribution is -0.144. The monoisotopic (exact) mass is 309 g/mol. The maximum atomic E-state index is 10.8. The molecule has 1 unspecified atom stereocenters. The highest BCUT2D eigenvalue weighted by Crippen LogP contribution is 2.34. The van der Waals surface area contributed by atoms with Crippen molar-refractivity contribution < 1.29 is 14.6 Å². The van der Waals surface area contributed by atoms with Crippen LogP contribution >= 0.6 is 15.9 Å². The van der Waals surface area contributed by atoms with Crippen molar-refractivity contribution >= 4 is 32.8 Å². The van der Waals surface area contributed by atoms with Crippen LogP contribution in [0.1, 0.15) is 12.5 Å². The Hall–Kier alpha value is -1.62. The largest absolute Gasteiger partial charge is 0.479 e. The van der Waals surface area contributed by atoms with Crippen molar-refractivity contribution in [1.29, 1.82) is 0 Å². The first-order chi connectivity index (χ1) is 8.50. The number of carboxylic acids is 1. The highest BCUT2D eigenvalue weighted by molar-refractivity contribution is 9.10. The number of ether oxygens (including phenoxy) is 1. The number of pyridine rings is 1. The van der Waals surface area contributed by atoms with Crippen molar-refractivity contribution in [1.82, 2.24) is 4.98 Å². The molecule has 2 aromatic rings. The lowest BCUT2D eigenvalue weighted by Crippen LogP contribution is -2.23. The molecule has 1 N–H and O–H groups in total. The average molecular weight is 310 g/mol. The smallest absolute Gasteiger partial charge is 0.344 e. The Morgan fingerprint density at radius 1 is 1.44 bits per heavy atom. The van der Waals surface area contributed by atoms with Crippen molar-refractivity contribution in [3.63, 3.8) is 0 Å². The minimum absolute atomic E-state index is 0.508. The van der Waals surface area contributed by atoms with Gasteiger partial charge in [-0.05, 0) is 53.5 Å². The minimum Gasteiger partial charge on any atom is -0.479 e. The Morgan fingerprint density at radius 2 is 2.17 bits per heavy atom. The van der Waals surface area contributed by atoms with Gasteiger partial charge < -0.3 is 9.84 Å². The first-order valence-corrected chi connectivity index (χ1v) is 6.23. The van der Waals surface area contributed by atoms with Gasteiger partial charge in [-0.25, -0.2) is 4.79 Å². The number of rotatable bonds is 3. The minimum atomic E-state index is -0.995. The predicted molar refractivity (Wildman–Crippen MR) is 71.9 cm³/mol. The van der Waals surface area contributed by atoms with Gasteiger partial charge in [-0.1, -0.05) is 0 Å². The fourth-order valence-corrected chi connectivity index (χ4v) is 2.42. The number of aliphatic carboxylic acids is 1. The summed E-state index contributed by atoms with van der Waals surface area (Å²) in [7, 11) is 0. The molecule has 1 heterocycles. The standard InChI is InChI=1S/C13H12BrNO3/c1-7-5-6-15-9-3-4-10(12(14)11(7)9)18-8(2)13(16)17/h3-6,8H,1-2H3,(H,16,17). The third kappa shape index (κ3) is 2.31. The quantitative estimate of drug-likeness (QED) is 0.946. The molecule has 18 heavy (non-hydrogen) atoms. The molecular formula is C13H12BrNO3. The number of nitrogens with zero attached hydrogens (tertiary/aromatic N) is 1. The summed E-state index contributed by atoms with van der Waals surface area (Å²) in [6.45, 7) is 3.47. The van der Waals surface area contributed by atoms with Crippen LogP contribution in [0.2, 0.25) is 0 Å². The van der Waals surface area contributed by atoms with E-state index >= 15 is 0 Å². The van der Waals surface area contributed by atoms with Gasteiger partial charge in [0.05, 0.1) is 9.99 Å². The van der Waals surface area contributed by atoms with E-state index in [4.69, 9.17) is 9.84 Å². The highest BCUT2D eigenvalue weighted by atomic mass is 79.9.